The Kier molecular flexibility index (Phi) is 8.37. The highest BCUT2D eigenvalue weighted by Crippen LogP contribution is 2.17. The maximum absolute atomic E-state index is 12.4. The van der Waals surface area contributed by atoms with Crippen LogP contribution in [0.3, 0.4) is 0 Å². The number of hydrogen-bond acceptors (Lipinski definition) is 7. The summed E-state index contributed by atoms with van der Waals surface area (Å²) in [5.74, 6) is -0.167. The first kappa shape index (κ1) is 25.3. The number of ether oxygens (including phenoxy) is 1. The van der Waals surface area contributed by atoms with E-state index in [-0.39, 0.29) is 24.6 Å². The third-order valence-electron chi connectivity index (χ3n) is 5.41. The van der Waals surface area contributed by atoms with Crippen LogP contribution in [0.1, 0.15) is 29.3 Å². The summed E-state index contributed by atoms with van der Waals surface area (Å²) in [6.45, 7) is 3.41. The van der Waals surface area contributed by atoms with Gasteiger partial charge in [0, 0.05) is 36.0 Å². The van der Waals surface area contributed by atoms with Crippen molar-refractivity contribution in [1.29, 1.82) is 0 Å². The maximum atomic E-state index is 12.4. The van der Waals surface area contributed by atoms with Crippen molar-refractivity contribution >= 4 is 17.7 Å². The lowest BCUT2D eigenvalue weighted by molar-refractivity contribution is 0.0952. The van der Waals surface area contributed by atoms with Crippen LogP contribution in [0.5, 0.6) is 0 Å². The molecule has 0 bridgehead atoms. The number of aryl methyl sites for hydroxylation is 1. The second-order valence-corrected chi connectivity index (χ2v) is 8.11. The van der Waals surface area contributed by atoms with E-state index in [1.165, 1.54) is 17.1 Å². The molecule has 0 unspecified atom stereocenters. The average molecular weight is 502 g/mol. The summed E-state index contributed by atoms with van der Waals surface area (Å²) in [5.41, 5.74) is 3.00. The first-order chi connectivity index (χ1) is 18.0. The molecule has 11 heteroatoms. The zero-order chi connectivity index (χ0) is 26.0. The zero-order valence-corrected chi connectivity index (χ0v) is 20.3. The van der Waals surface area contributed by atoms with Gasteiger partial charge in [0.15, 0.2) is 0 Å². The van der Waals surface area contributed by atoms with Crippen molar-refractivity contribution in [3.05, 3.63) is 94.8 Å². The number of amides is 2. The monoisotopic (exact) mass is 501 g/mol. The fourth-order valence-electron chi connectivity index (χ4n) is 3.61. The number of rotatable bonds is 10. The van der Waals surface area contributed by atoms with Crippen molar-refractivity contribution in [2.45, 2.75) is 26.4 Å². The topological polar surface area (TPSA) is 133 Å². The Morgan fingerprint density at radius 3 is 2.65 bits per heavy atom. The van der Waals surface area contributed by atoms with Crippen molar-refractivity contribution in [2.75, 3.05) is 18.5 Å². The lowest BCUT2D eigenvalue weighted by atomic mass is 10.1. The van der Waals surface area contributed by atoms with E-state index >= 15 is 0 Å². The Morgan fingerprint density at radius 2 is 1.89 bits per heavy atom. The molecular formula is C26H27N7O4. The van der Waals surface area contributed by atoms with Crippen LogP contribution in [0, 0.1) is 0 Å². The number of benzene rings is 2. The Labute approximate surface area is 213 Å². The molecule has 4 aromatic rings. The molecule has 2 aromatic heterocycles. The fourth-order valence-corrected chi connectivity index (χ4v) is 3.61. The van der Waals surface area contributed by atoms with E-state index in [4.69, 9.17) is 4.74 Å². The molecule has 0 aliphatic carbocycles. The van der Waals surface area contributed by atoms with Crippen molar-refractivity contribution < 1.29 is 14.3 Å². The Morgan fingerprint density at radius 1 is 1.05 bits per heavy atom. The minimum absolute atomic E-state index is 0.167. The highest BCUT2D eigenvalue weighted by atomic mass is 16.5. The lowest BCUT2D eigenvalue weighted by Crippen LogP contribution is -2.25. The van der Waals surface area contributed by atoms with Gasteiger partial charge in [-0.1, -0.05) is 24.3 Å². The van der Waals surface area contributed by atoms with Gasteiger partial charge in [0.1, 0.15) is 12.7 Å². The van der Waals surface area contributed by atoms with Gasteiger partial charge >= 0.3 is 6.09 Å². The number of hydrogen-bond donors (Lipinski definition) is 2. The van der Waals surface area contributed by atoms with Gasteiger partial charge in [0.2, 0.25) is 0 Å². The van der Waals surface area contributed by atoms with Crippen LogP contribution < -0.4 is 16.2 Å². The molecule has 2 N–H and O–H groups in total. The molecule has 2 aromatic carbocycles. The summed E-state index contributed by atoms with van der Waals surface area (Å²) in [7, 11) is 0. The van der Waals surface area contributed by atoms with E-state index in [9.17, 15) is 14.4 Å². The number of carbonyl (C=O) groups excluding carboxylic acids is 2. The molecule has 2 amide bonds. The molecule has 0 aliphatic rings. The quantitative estimate of drug-likeness (QED) is 0.319. The summed E-state index contributed by atoms with van der Waals surface area (Å²) in [5, 5.41) is 14.1. The summed E-state index contributed by atoms with van der Waals surface area (Å²) in [6, 6.07) is 17.3. The molecule has 0 aliphatic heterocycles. The van der Waals surface area contributed by atoms with E-state index in [2.05, 4.69) is 25.8 Å². The molecule has 0 radical (unpaired) electrons. The van der Waals surface area contributed by atoms with Crippen molar-refractivity contribution in [1.82, 2.24) is 29.9 Å². The normalized spacial score (nSPS) is 10.6. The van der Waals surface area contributed by atoms with Crippen LogP contribution in [0.4, 0.5) is 10.5 Å². The largest absolute Gasteiger partial charge is 0.450 e. The van der Waals surface area contributed by atoms with Crippen molar-refractivity contribution in [3.8, 4) is 11.3 Å². The van der Waals surface area contributed by atoms with Crippen molar-refractivity contribution in [3.63, 3.8) is 0 Å². The standard InChI is InChI=1S/C26H27N7O4/c1-2-37-26(36)30-22-6-3-5-19(15-22)16-33-24(34)12-11-23(31-33)20-7-9-21(10-8-20)25(35)28-13-4-14-32-18-27-17-29-32/h3,5-12,15,17-18H,2,4,13-14,16H2,1H3,(H,28,35)(H,30,36). The van der Waals surface area contributed by atoms with Crippen LogP contribution in [0.15, 0.2) is 78.1 Å². The molecule has 190 valence electrons. The van der Waals surface area contributed by atoms with Crippen LogP contribution in [0.25, 0.3) is 11.3 Å². The number of nitrogens with one attached hydrogen (secondary N) is 2. The molecule has 37 heavy (non-hydrogen) atoms. The highest BCUT2D eigenvalue weighted by Gasteiger charge is 2.09. The SMILES string of the molecule is CCOC(=O)Nc1cccc(Cn2nc(-c3ccc(C(=O)NCCCn4cncn4)cc3)ccc2=O)c1. The molecule has 0 fully saturated rings. The zero-order valence-electron chi connectivity index (χ0n) is 20.3. The molecule has 4 rings (SSSR count). The minimum atomic E-state index is -0.541. The summed E-state index contributed by atoms with van der Waals surface area (Å²) in [6.07, 6.45) is 3.31. The van der Waals surface area contributed by atoms with Gasteiger partial charge in [0.25, 0.3) is 11.5 Å². The maximum Gasteiger partial charge on any atom is 0.411 e. The number of carbonyl (C=O) groups is 2. The third-order valence-corrected chi connectivity index (χ3v) is 5.41. The number of nitrogens with zero attached hydrogens (tertiary/aromatic N) is 5. The summed E-state index contributed by atoms with van der Waals surface area (Å²) in [4.78, 5) is 40.5. The average Bonchev–Trinajstić information content (AvgIpc) is 3.42. The summed E-state index contributed by atoms with van der Waals surface area (Å²) >= 11 is 0. The Bertz CT molecular complexity index is 1400. The van der Waals surface area contributed by atoms with E-state index < -0.39 is 6.09 Å². The van der Waals surface area contributed by atoms with Crippen LogP contribution in [0.2, 0.25) is 0 Å². The Hall–Kier alpha value is -4.80. The second kappa shape index (κ2) is 12.2. The molecule has 0 saturated carbocycles. The van der Waals surface area contributed by atoms with E-state index in [1.54, 1.807) is 66.5 Å². The fraction of sp³-hybridized carbons (Fsp3) is 0.231. The van der Waals surface area contributed by atoms with Gasteiger partial charge in [-0.2, -0.15) is 10.2 Å². The minimum Gasteiger partial charge on any atom is -0.450 e. The van der Waals surface area contributed by atoms with E-state index in [0.29, 0.717) is 30.0 Å². The Balaban J connectivity index is 1.39. The van der Waals surface area contributed by atoms with Crippen molar-refractivity contribution in [2.24, 2.45) is 0 Å². The highest BCUT2D eigenvalue weighted by molar-refractivity contribution is 5.94. The molecule has 0 saturated heterocycles. The molecule has 0 spiro atoms. The molecule has 11 nitrogen and oxygen atoms in total. The van der Waals surface area contributed by atoms with Crippen LogP contribution in [-0.4, -0.2) is 49.7 Å². The first-order valence-electron chi connectivity index (χ1n) is 11.8. The van der Waals surface area contributed by atoms with E-state index in [1.807, 2.05) is 6.07 Å². The lowest BCUT2D eigenvalue weighted by Gasteiger charge is -2.10. The van der Waals surface area contributed by atoms with Gasteiger partial charge in [0.05, 0.1) is 18.8 Å². The summed E-state index contributed by atoms with van der Waals surface area (Å²) < 4.78 is 7.97. The first-order valence-corrected chi connectivity index (χ1v) is 11.8. The van der Waals surface area contributed by atoms with E-state index in [0.717, 1.165) is 17.5 Å². The smallest absolute Gasteiger partial charge is 0.411 e. The predicted octanol–water partition coefficient (Wildman–Crippen LogP) is 2.94. The van der Waals surface area contributed by atoms with Gasteiger partial charge in [-0.3, -0.25) is 19.6 Å². The predicted molar refractivity (Wildman–Crippen MR) is 137 cm³/mol. The number of anilines is 1. The van der Waals surface area contributed by atoms with Crippen LogP contribution >= 0.6 is 0 Å². The molecule has 0 atom stereocenters. The van der Waals surface area contributed by atoms with Gasteiger partial charge < -0.3 is 10.1 Å². The third kappa shape index (κ3) is 7.10. The molecular weight excluding hydrogens is 474 g/mol. The van der Waals surface area contributed by atoms with Crippen LogP contribution in [-0.2, 0) is 17.8 Å². The molecule has 2 heterocycles. The van der Waals surface area contributed by atoms with Gasteiger partial charge in [-0.05, 0) is 49.2 Å². The van der Waals surface area contributed by atoms with Gasteiger partial charge in [-0.25, -0.2) is 14.5 Å². The van der Waals surface area contributed by atoms with Gasteiger partial charge in [-0.15, -0.1) is 0 Å². The second-order valence-electron chi connectivity index (χ2n) is 8.11. The number of aromatic nitrogens is 5.